The second-order valence-corrected chi connectivity index (χ2v) is 3.42. The first-order valence-corrected chi connectivity index (χ1v) is 4.78. The Hall–Kier alpha value is -2.63. The summed E-state index contributed by atoms with van der Waals surface area (Å²) < 4.78 is 9.83. The summed E-state index contributed by atoms with van der Waals surface area (Å²) in [5.41, 5.74) is 2.50. The number of oxazole rings is 1. The van der Waals surface area contributed by atoms with E-state index in [4.69, 9.17) is 9.52 Å². The number of hydrogen-bond donors (Lipinski definition) is 1. The molecule has 3 rings (SSSR count). The maximum absolute atomic E-state index is 10.7. The van der Waals surface area contributed by atoms with Crippen molar-refractivity contribution in [1.82, 2.24) is 10.1 Å². The van der Waals surface area contributed by atoms with Gasteiger partial charge in [0, 0.05) is 11.6 Å². The van der Waals surface area contributed by atoms with Crippen molar-refractivity contribution in [1.29, 1.82) is 0 Å². The van der Waals surface area contributed by atoms with Crippen LogP contribution in [0.1, 0.15) is 10.6 Å². The molecule has 6 nitrogen and oxygen atoms in total. The second kappa shape index (κ2) is 3.44. The average molecular weight is 230 g/mol. The third-order valence-electron chi connectivity index (χ3n) is 2.35. The molecular formula is C11H6N2O4. The first kappa shape index (κ1) is 9.59. The van der Waals surface area contributed by atoms with Gasteiger partial charge in [-0.2, -0.15) is 0 Å². The molecule has 84 valence electrons. The lowest BCUT2D eigenvalue weighted by Crippen LogP contribution is -1.91. The van der Waals surface area contributed by atoms with E-state index in [1.54, 1.807) is 18.2 Å². The third kappa shape index (κ3) is 1.55. The molecule has 0 bridgehead atoms. The van der Waals surface area contributed by atoms with E-state index in [2.05, 4.69) is 14.7 Å². The number of rotatable bonds is 2. The molecule has 0 spiro atoms. The molecule has 3 aromatic rings. The molecular weight excluding hydrogens is 224 g/mol. The van der Waals surface area contributed by atoms with Crippen molar-refractivity contribution >= 4 is 17.1 Å². The minimum Gasteiger partial charge on any atom is -0.475 e. The summed E-state index contributed by atoms with van der Waals surface area (Å²) in [4.78, 5) is 14.6. The lowest BCUT2D eigenvalue weighted by atomic mass is 10.1. The number of fused-ring (bicyclic) bond motifs is 1. The van der Waals surface area contributed by atoms with Crippen molar-refractivity contribution in [2.45, 2.75) is 0 Å². The summed E-state index contributed by atoms with van der Waals surface area (Å²) >= 11 is 0. The van der Waals surface area contributed by atoms with Gasteiger partial charge >= 0.3 is 5.97 Å². The van der Waals surface area contributed by atoms with Crippen LogP contribution in [0, 0.1) is 0 Å². The number of carboxylic acids is 1. The average Bonchev–Trinajstić information content (AvgIpc) is 2.97. The highest BCUT2D eigenvalue weighted by Gasteiger charge is 2.13. The summed E-state index contributed by atoms with van der Waals surface area (Å²) in [7, 11) is 0. The van der Waals surface area contributed by atoms with Gasteiger partial charge in [0.2, 0.25) is 5.76 Å². The largest absolute Gasteiger partial charge is 0.475 e. The molecule has 0 atom stereocenters. The highest BCUT2D eigenvalue weighted by atomic mass is 16.5. The van der Waals surface area contributed by atoms with Gasteiger partial charge in [-0.05, 0) is 12.1 Å². The molecule has 1 aromatic carbocycles. The van der Waals surface area contributed by atoms with E-state index in [1.807, 2.05) is 0 Å². The van der Waals surface area contributed by atoms with Crippen LogP contribution in [0.4, 0.5) is 0 Å². The smallest absolute Gasteiger partial charge is 0.374 e. The zero-order chi connectivity index (χ0) is 11.8. The Morgan fingerprint density at radius 3 is 2.94 bits per heavy atom. The van der Waals surface area contributed by atoms with Crippen molar-refractivity contribution in [3.63, 3.8) is 0 Å². The van der Waals surface area contributed by atoms with Crippen LogP contribution in [-0.4, -0.2) is 21.2 Å². The van der Waals surface area contributed by atoms with Gasteiger partial charge < -0.3 is 14.0 Å². The minimum absolute atomic E-state index is 0.197. The highest BCUT2D eigenvalue weighted by molar-refractivity contribution is 5.86. The minimum atomic E-state index is -1.15. The van der Waals surface area contributed by atoms with Crippen LogP contribution in [0.2, 0.25) is 0 Å². The zero-order valence-corrected chi connectivity index (χ0v) is 8.45. The predicted molar refractivity (Wildman–Crippen MR) is 56.5 cm³/mol. The topological polar surface area (TPSA) is 89.4 Å². The fourth-order valence-electron chi connectivity index (χ4n) is 1.53. The number of aromatic nitrogens is 2. The van der Waals surface area contributed by atoms with Gasteiger partial charge in [0.05, 0.1) is 0 Å². The van der Waals surface area contributed by atoms with Gasteiger partial charge in [0.25, 0.3) is 0 Å². The summed E-state index contributed by atoms with van der Waals surface area (Å²) in [5.74, 6) is -1.35. The van der Waals surface area contributed by atoms with E-state index in [0.717, 1.165) is 5.52 Å². The molecule has 6 heteroatoms. The Bertz CT molecular complexity index is 698. The van der Waals surface area contributed by atoms with Gasteiger partial charge in [-0.25, -0.2) is 9.78 Å². The normalized spacial score (nSPS) is 10.8. The van der Waals surface area contributed by atoms with Gasteiger partial charge in [-0.1, -0.05) is 11.2 Å². The number of aromatic carboxylic acids is 1. The quantitative estimate of drug-likeness (QED) is 0.725. The Balaban J connectivity index is 2.09. The summed E-state index contributed by atoms with van der Waals surface area (Å²) in [6.45, 7) is 0. The van der Waals surface area contributed by atoms with Crippen LogP contribution in [0.15, 0.2) is 39.6 Å². The van der Waals surface area contributed by atoms with Crippen molar-refractivity contribution in [2.24, 2.45) is 0 Å². The van der Waals surface area contributed by atoms with E-state index in [9.17, 15) is 4.79 Å². The van der Waals surface area contributed by atoms with Gasteiger partial charge in [-0.15, -0.1) is 0 Å². The summed E-state index contributed by atoms with van der Waals surface area (Å²) in [6.07, 6.45) is 1.35. The fraction of sp³-hybridized carbons (Fsp3) is 0. The first-order valence-electron chi connectivity index (χ1n) is 4.78. The van der Waals surface area contributed by atoms with Crippen LogP contribution in [0.5, 0.6) is 0 Å². The van der Waals surface area contributed by atoms with Crippen molar-refractivity contribution in [2.75, 3.05) is 0 Å². The molecule has 0 fully saturated rings. The molecule has 0 radical (unpaired) electrons. The van der Waals surface area contributed by atoms with E-state index in [1.165, 1.54) is 12.5 Å². The van der Waals surface area contributed by atoms with E-state index >= 15 is 0 Å². The third-order valence-corrected chi connectivity index (χ3v) is 2.35. The van der Waals surface area contributed by atoms with Crippen LogP contribution in [-0.2, 0) is 0 Å². The first-order chi connectivity index (χ1) is 8.24. The Kier molecular flexibility index (Phi) is 1.94. The Labute approximate surface area is 94.5 Å². The molecule has 0 saturated carbocycles. The lowest BCUT2D eigenvalue weighted by molar-refractivity contribution is 0.0652. The summed E-state index contributed by atoms with van der Waals surface area (Å²) in [5, 5.41) is 12.4. The predicted octanol–water partition coefficient (Wildman–Crippen LogP) is 2.18. The highest BCUT2D eigenvalue weighted by Crippen LogP contribution is 2.23. The standard InChI is InChI=1S/C11H6N2O4/c14-11(15)10-4-8(13-17-10)6-1-2-7-9(3-6)16-5-12-7/h1-5H,(H,14,15). The number of hydrogen-bond acceptors (Lipinski definition) is 5. The van der Waals surface area contributed by atoms with Gasteiger partial charge in [-0.3, -0.25) is 0 Å². The number of nitrogens with zero attached hydrogens (tertiary/aromatic N) is 2. The van der Waals surface area contributed by atoms with Crippen LogP contribution in [0.25, 0.3) is 22.4 Å². The van der Waals surface area contributed by atoms with Gasteiger partial charge in [0.15, 0.2) is 12.0 Å². The van der Waals surface area contributed by atoms with Crippen LogP contribution in [0.3, 0.4) is 0 Å². The van der Waals surface area contributed by atoms with E-state index in [-0.39, 0.29) is 5.76 Å². The molecule has 2 heterocycles. The van der Waals surface area contributed by atoms with Crippen LogP contribution >= 0.6 is 0 Å². The maximum atomic E-state index is 10.7. The van der Waals surface area contributed by atoms with Crippen LogP contribution < -0.4 is 0 Å². The molecule has 0 saturated heterocycles. The van der Waals surface area contributed by atoms with Gasteiger partial charge in [0.1, 0.15) is 11.2 Å². The fourth-order valence-corrected chi connectivity index (χ4v) is 1.53. The molecule has 0 unspecified atom stereocenters. The number of benzene rings is 1. The monoisotopic (exact) mass is 230 g/mol. The number of carboxylic acid groups (broad SMARTS) is 1. The lowest BCUT2D eigenvalue weighted by Gasteiger charge is -1.93. The molecule has 0 amide bonds. The van der Waals surface area contributed by atoms with E-state index < -0.39 is 5.97 Å². The van der Waals surface area contributed by atoms with Crippen molar-refractivity contribution < 1.29 is 18.8 Å². The summed E-state index contributed by atoms with van der Waals surface area (Å²) in [6, 6.07) is 6.63. The Morgan fingerprint density at radius 1 is 1.29 bits per heavy atom. The Morgan fingerprint density at radius 2 is 2.18 bits per heavy atom. The molecule has 0 aliphatic carbocycles. The molecule has 0 aliphatic heterocycles. The van der Waals surface area contributed by atoms with Crippen molar-refractivity contribution in [3.8, 4) is 11.3 Å². The zero-order valence-electron chi connectivity index (χ0n) is 8.45. The number of carbonyl (C=O) groups is 1. The molecule has 1 N–H and O–H groups in total. The molecule has 2 aromatic heterocycles. The van der Waals surface area contributed by atoms with Crippen molar-refractivity contribution in [3.05, 3.63) is 36.4 Å². The maximum Gasteiger partial charge on any atom is 0.374 e. The second-order valence-electron chi connectivity index (χ2n) is 3.42. The van der Waals surface area contributed by atoms with E-state index in [0.29, 0.717) is 16.8 Å². The molecule has 17 heavy (non-hydrogen) atoms. The molecule has 0 aliphatic rings. The SMILES string of the molecule is O=C(O)c1cc(-c2ccc3ncoc3c2)no1.